The Balaban J connectivity index is 1.63. The van der Waals surface area contributed by atoms with Crippen LogP contribution in [0.5, 0.6) is 0 Å². The molecule has 0 N–H and O–H groups in total. The first-order valence-corrected chi connectivity index (χ1v) is 10.2. The maximum absolute atomic E-state index is 12.9. The fourth-order valence-corrected chi connectivity index (χ4v) is 4.49. The van der Waals surface area contributed by atoms with Crippen molar-refractivity contribution in [3.63, 3.8) is 0 Å². The lowest BCUT2D eigenvalue weighted by Gasteiger charge is -2.26. The molecule has 4 rings (SSSR count). The van der Waals surface area contributed by atoms with Gasteiger partial charge in [-0.1, -0.05) is 13.8 Å². The van der Waals surface area contributed by atoms with E-state index < -0.39 is 23.7 Å². The molecular weight excluding hydrogens is 348 g/mol. The molecule has 3 saturated heterocycles. The third-order valence-electron chi connectivity index (χ3n) is 5.97. The summed E-state index contributed by atoms with van der Waals surface area (Å²) in [5.41, 5.74) is 0. The predicted molar refractivity (Wildman–Crippen MR) is 96.8 cm³/mol. The second kappa shape index (κ2) is 8.40. The van der Waals surface area contributed by atoms with Crippen LogP contribution in [0, 0.1) is 23.7 Å². The summed E-state index contributed by atoms with van der Waals surface area (Å²) in [5, 5.41) is 0.576. The molecule has 27 heavy (non-hydrogen) atoms. The van der Waals surface area contributed by atoms with Gasteiger partial charge in [0.1, 0.15) is 0 Å². The van der Waals surface area contributed by atoms with Crippen molar-refractivity contribution < 1.29 is 24.0 Å². The van der Waals surface area contributed by atoms with Crippen LogP contribution in [-0.4, -0.2) is 46.7 Å². The molecule has 0 spiro atoms. The number of rotatable bonds is 6. The molecule has 0 aromatic rings. The highest BCUT2D eigenvalue weighted by Crippen LogP contribution is 2.34. The van der Waals surface area contributed by atoms with Crippen LogP contribution < -0.4 is 0 Å². The van der Waals surface area contributed by atoms with Crippen molar-refractivity contribution in [3.05, 3.63) is 0 Å². The molecule has 0 aromatic heterocycles. The van der Waals surface area contributed by atoms with Crippen molar-refractivity contribution in [1.29, 1.82) is 0 Å². The number of hydrogen-bond acceptors (Lipinski definition) is 5. The molecule has 7 nitrogen and oxygen atoms in total. The first kappa shape index (κ1) is 19.8. The minimum atomic E-state index is -0.654. The van der Waals surface area contributed by atoms with Crippen molar-refractivity contribution in [2.45, 2.75) is 65.2 Å². The molecule has 150 valence electrons. The number of fused-ring (bicyclic) bond motifs is 4. The Kier molecular flexibility index (Phi) is 6.17. The number of carbonyl (C=O) groups is 4. The Morgan fingerprint density at radius 3 is 2.00 bits per heavy atom. The maximum atomic E-state index is 12.9. The fraction of sp³-hybridized carbons (Fsp3) is 0.800. The molecule has 0 unspecified atom stereocenters. The first-order chi connectivity index (χ1) is 12.8. The minimum absolute atomic E-state index is 0.0181. The SMILES string of the molecule is CC(C)C[C@H](CC(=O)N1CC2CCC(CC2)C1)C(=O)ON1C(=O)CCC1=O. The van der Waals surface area contributed by atoms with Gasteiger partial charge in [-0.05, 0) is 49.9 Å². The number of hydrogen-bond donors (Lipinski definition) is 0. The van der Waals surface area contributed by atoms with Crippen molar-refractivity contribution in [2.75, 3.05) is 13.1 Å². The molecule has 3 heterocycles. The van der Waals surface area contributed by atoms with Gasteiger partial charge in [-0.15, -0.1) is 5.06 Å². The van der Waals surface area contributed by atoms with Gasteiger partial charge in [-0.25, -0.2) is 4.79 Å². The van der Waals surface area contributed by atoms with E-state index in [-0.39, 0.29) is 31.1 Å². The van der Waals surface area contributed by atoms with Crippen LogP contribution in [0.2, 0.25) is 0 Å². The van der Waals surface area contributed by atoms with Crippen LogP contribution in [0.3, 0.4) is 0 Å². The summed E-state index contributed by atoms with van der Waals surface area (Å²) < 4.78 is 0. The summed E-state index contributed by atoms with van der Waals surface area (Å²) in [6, 6.07) is 0. The fourth-order valence-electron chi connectivity index (χ4n) is 4.49. The molecule has 7 heteroatoms. The van der Waals surface area contributed by atoms with Gasteiger partial charge in [0, 0.05) is 32.4 Å². The van der Waals surface area contributed by atoms with Gasteiger partial charge < -0.3 is 9.74 Å². The van der Waals surface area contributed by atoms with Crippen molar-refractivity contribution >= 4 is 23.7 Å². The first-order valence-electron chi connectivity index (χ1n) is 10.2. The van der Waals surface area contributed by atoms with Crippen LogP contribution in [0.4, 0.5) is 0 Å². The average Bonchev–Trinajstić information content (AvgIpc) is 2.84. The highest BCUT2D eigenvalue weighted by molar-refractivity contribution is 6.01. The topological polar surface area (TPSA) is 84.0 Å². The molecule has 1 saturated carbocycles. The standard InChI is InChI=1S/C20H30N2O5/c1-13(2)9-16(20(26)27-22-17(23)7-8-18(22)24)10-19(25)21-11-14-3-4-15(12-21)6-5-14/h13-16H,3-12H2,1-2H3/t14?,15?,16-/m1/s1. The van der Waals surface area contributed by atoms with Gasteiger partial charge in [0.15, 0.2) is 0 Å². The number of amides is 3. The molecule has 1 atom stereocenters. The lowest BCUT2D eigenvalue weighted by molar-refractivity contribution is -0.201. The smallest absolute Gasteiger partial charge is 0.336 e. The summed E-state index contributed by atoms with van der Waals surface area (Å²) >= 11 is 0. The normalized spacial score (nSPS) is 26.5. The molecule has 3 amide bonds. The van der Waals surface area contributed by atoms with Gasteiger partial charge in [0.05, 0.1) is 5.92 Å². The third kappa shape index (κ3) is 4.87. The van der Waals surface area contributed by atoms with E-state index in [0.717, 1.165) is 13.1 Å². The zero-order chi connectivity index (χ0) is 19.6. The van der Waals surface area contributed by atoms with Crippen LogP contribution >= 0.6 is 0 Å². The van der Waals surface area contributed by atoms with Gasteiger partial charge >= 0.3 is 5.97 Å². The molecule has 2 bridgehead atoms. The quantitative estimate of drug-likeness (QED) is 0.662. The van der Waals surface area contributed by atoms with Crippen LogP contribution in [0.15, 0.2) is 0 Å². The van der Waals surface area contributed by atoms with E-state index in [1.807, 2.05) is 18.7 Å². The van der Waals surface area contributed by atoms with Crippen molar-refractivity contribution in [2.24, 2.45) is 23.7 Å². The summed E-state index contributed by atoms with van der Waals surface area (Å²) in [6.45, 7) is 5.51. The summed E-state index contributed by atoms with van der Waals surface area (Å²) in [7, 11) is 0. The Labute approximate surface area is 160 Å². The number of carbonyl (C=O) groups excluding carboxylic acids is 4. The number of nitrogens with zero attached hydrogens (tertiary/aromatic N) is 2. The second-order valence-corrected chi connectivity index (χ2v) is 8.71. The molecule has 4 aliphatic rings. The highest BCUT2D eigenvalue weighted by Gasteiger charge is 2.37. The largest absolute Gasteiger partial charge is 0.342 e. The molecule has 3 aliphatic heterocycles. The van der Waals surface area contributed by atoms with E-state index in [1.54, 1.807) is 0 Å². The Morgan fingerprint density at radius 2 is 1.52 bits per heavy atom. The second-order valence-electron chi connectivity index (χ2n) is 8.71. The Morgan fingerprint density at radius 1 is 1.00 bits per heavy atom. The van der Waals surface area contributed by atoms with Crippen LogP contribution in [0.25, 0.3) is 0 Å². The maximum Gasteiger partial charge on any atom is 0.336 e. The average molecular weight is 378 g/mol. The van der Waals surface area contributed by atoms with E-state index >= 15 is 0 Å². The lowest BCUT2D eigenvalue weighted by Crippen LogP contribution is -2.39. The van der Waals surface area contributed by atoms with Crippen molar-refractivity contribution in [3.8, 4) is 0 Å². The molecule has 0 aromatic carbocycles. The van der Waals surface area contributed by atoms with E-state index in [1.165, 1.54) is 25.7 Å². The minimum Gasteiger partial charge on any atom is -0.342 e. The molecule has 0 radical (unpaired) electrons. The van der Waals surface area contributed by atoms with E-state index in [4.69, 9.17) is 4.84 Å². The monoisotopic (exact) mass is 378 g/mol. The Bertz CT molecular complexity index is 579. The zero-order valence-corrected chi connectivity index (χ0v) is 16.3. The third-order valence-corrected chi connectivity index (χ3v) is 5.97. The molecule has 1 aliphatic carbocycles. The van der Waals surface area contributed by atoms with Gasteiger partial charge in [0.25, 0.3) is 11.8 Å². The summed E-state index contributed by atoms with van der Waals surface area (Å²) in [6.07, 6.45) is 5.44. The van der Waals surface area contributed by atoms with E-state index in [2.05, 4.69) is 0 Å². The van der Waals surface area contributed by atoms with Gasteiger partial charge in [-0.3, -0.25) is 14.4 Å². The summed E-state index contributed by atoms with van der Waals surface area (Å²) in [4.78, 5) is 55.9. The lowest BCUT2D eigenvalue weighted by atomic mass is 9.84. The van der Waals surface area contributed by atoms with E-state index in [0.29, 0.717) is 23.3 Å². The highest BCUT2D eigenvalue weighted by atomic mass is 16.7. The summed E-state index contributed by atoms with van der Waals surface area (Å²) in [5.74, 6) is -0.959. The molecule has 4 fully saturated rings. The predicted octanol–water partition coefficient (Wildman–Crippen LogP) is 2.29. The van der Waals surface area contributed by atoms with Crippen LogP contribution in [0.1, 0.15) is 65.2 Å². The number of imide groups is 1. The molecular formula is C20H30N2O5. The van der Waals surface area contributed by atoms with Crippen LogP contribution in [-0.2, 0) is 24.0 Å². The van der Waals surface area contributed by atoms with Gasteiger partial charge in [0.2, 0.25) is 5.91 Å². The van der Waals surface area contributed by atoms with Crippen molar-refractivity contribution in [1.82, 2.24) is 9.96 Å². The number of hydroxylamine groups is 2. The Hall–Kier alpha value is -1.92. The zero-order valence-electron chi connectivity index (χ0n) is 16.3. The van der Waals surface area contributed by atoms with E-state index in [9.17, 15) is 19.2 Å². The van der Waals surface area contributed by atoms with Gasteiger partial charge in [-0.2, -0.15) is 0 Å².